The fourth-order valence-corrected chi connectivity index (χ4v) is 2.38. The van der Waals surface area contributed by atoms with Crippen LogP contribution < -0.4 is 0 Å². The van der Waals surface area contributed by atoms with Gasteiger partial charge in [-0.05, 0) is 44.4 Å². The van der Waals surface area contributed by atoms with E-state index < -0.39 is 0 Å². The molecule has 76 valence electrons. The topological polar surface area (TPSA) is 20.2 Å². The fraction of sp³-hybridized carbons (Fsp3) is 0.833. The van der Waals surface area contributed by atoms with Crippen molar-refractivity contribution < 1.29 is 5.11 Å². The van der Waals surface area contributed by atoms with Crippen molar-refractivity contribution in [2.75, 3.05) is 0 Å². The monoisotopic (exact) mass is 182 g/mol. The third kappa shape index (κ3) is 3.15. The van der Waals surface area contributed by atoms with Gasteiger partial charge in [0.1, 0.15) is 0 Å². The van der Waals surface area contributed by atoms with Crippen LogP contribution in [0.4, 0.5) is 0 Å². The average Bonchev–Trinajstić information content (AvgIpc) is 2.08. The lowest BCUT2D eigenvalue weighted by Crippen LogP contribution is -2.29. The molecule has 1 heteroatoms. The van der Waals surface area contributed by atoms with Crippen molar-refractivity contribution in [2.45, 2.75) is 52.1 Å². The Kier molecular flexibility index (Phi) is 3.98. The molecule has 1 aliphatic rings. The van der Waals surface area contributed by atoms with E-state index in [1.165, 1.54) is 24.8 Å². The zero-order valence-electron chi connectivity index (χ0n) is 8.92. The van der Waals surface area contributed by atoms with E-state index in [1.807, 2.05) is 0 Å². The second-order valence-electron chi connectivity index (χ2n) is 4.58. The molecule has 1 N–H and O–H groups in total. The Labute approximate surface area is 81.9 Å². The fourth-order valence-electron chi connectivity index (χ4n) is 2.38. The van der Waals surface area contributed by atoms with Gasteiger partial charge in [0, 0.05) is 0 Å². The zero-order valence-corrected chi connectivity index (χ0v) is 8.92. The summed E-state index contributed by atoms with van der Waals surface area (Å²) >= 11 is 0. The second-order valence-corrected chi connectivity index (χ2v) is 4.58. The van der Waals surface area contributed by atoms with Gasteiger partial charge >= 0.3 is 0 Å². The summed E-state index contributed by atoms with van der Waals surface area (Å²) in [4.78, 5) is 0. The second kappa shape index (κ2) is 4.80. The maximum atomic E-state index is 9.79. The smallest absolute Gasteiger partial charge is 0.0571 e. The highest BCUT2D eigenvalue weighted by Gasteiger charge is 2.27. The highest BCUT2D eigenvalue weighted by molar-refractivity contribution is 4.94. The van der Waals surface area contributed by atoms with E-state index in [2.05, 4.69) is 20.4 Å². The molecule has 3 unspecified atom stereocenters. The van der Waals surface area contributed by atoms with E-state index in [0.717, 1.165) is 18.8 Å². The van der Waals surface area contributed by atoms with Gasteiger partial charge in [-0.15, -0.1) is 6.58 Å². The lowest BCUT2D eigenvalue weighted by molar-refractivity contribution is 0.0475. The molecular weight excluding hydrogens is 160 g/mol. The van der Waals surface area contributed by atoms with Gasteiger partial charge in [0.15, 0.2) is 0 Å². The van der Waals surface area contributed by atoms with Crippen LogP contribution >= 0.6 is 0 Å². The molecule has 0 aromatic carbocycles. The Morgan fingerprint density at radius 2 is 2.15 bits per heavy atom. The maximum Gasteiger partial charge on any atom is 0.0571 e. The first kappa shape index (κ1) is 10.8. The normalized spacial score (nSPS) is 34.5. The van der Waals surface area contributed by atoms with E-state index in [0.29, 0.717) is 5.92 Å². The van der Waals surface area contributed by atoms with Crippen LogP contribution in [0.15, 0.2) is 12.2 Å². The van der Waals surface area contributed by atoms with Crippen molar-refractivity contribution in [3.63, 3.8) is 0 Å². The van der Waals surface area contributed by atoms with Gasteiger partial charge in [-0.1, -0.05) is 18.9 Å². The zero-order chi connectivity index (χ0) is 9.84. The molecule has 0 amide bonds. The summed E-state index contributed by atoms with van der Waals surface area (Å²) in [6, 6.07) is 0. The van der Waals surface area contributed by atoms with Crippen molar-refractivity contribution in [2.24, 2.45) is 11.8 Å². The first-order valence-electron chi connectivity index (χ1n) is 5.46. The van der Waals surface area contributed by atoms with Crippen LogP contribution in [0.3, 0.4) is 0 Å². The molecular formula is C12H22O. The number of rotatable bonds is 3. The number of allylic oxidation sites excluding steroid dienone is 1. The molecule has 1 aliphatic carbocycles. The Bertz CT molecular complexity index is 174. The van der Waals surface area contributed by atoms with Gasteiger partial charge in [0.25, 0.3) is 0 Å². The highest BCUT2D eigenvalue weighted by Crippen LogP contribution is 2.34. The first-order chi connectivity index (χ1) is 6.13. The Balaban J connectivity index is 2.44. The molecule has 0 saturated heterocycles. The quantitative estimate of drug-likeness (QED) is 0.665. The number of aliphatic hydroxyl groups excluding tert-OH is 1. The summed E-state index contributed by atoms with van der Waals surface area (Å²) in [6.45, 7) is 8.23. The number of aliphatic hydroxyl groups is 1. The summed E-state index contributed by atoms with van der Waals surface area (Å²) in [5.74, 6) is 1.32. The maximum absolute atomic E-state index is 9.79. The van der Waals surface area contributed by atoms with Crippen molar-refractivity contribution in [1.82, 2.24) is 0 Å². The summed E-state index contributed by atoms with van der Waals surface area (Å²) < 4.78 is 0. The third-order valence-electron chi connectivity index (χ3n) is 3.24. The van der Waals surface area contributed by atoms with Crippen molar-refractivity contribution in [1.29, 1.82) is 0 Å². The summed E-state index contributed by atoms with van der Waals surface area (Å²) in [7, 11) is 0. The van der Waals surface area contributed by atoms with Gasteiger partial charge in [-0.3, -0.25) is 0 Å². The minimum Gasteiger partial charge on any atom is -0.393 e. The Hall–Kier alpha value is -0.300. The molecule has 3 atom stereocenters. The van der Waals surface area contributed by atoms with E-state index in [4.69, 9.17) is 0 Å². The summed E-state index contributed by atoms with van der Waals surface area (Å²) in [6.07, 6.45) is 5.61. The molecule has 0 heterocycles. The average molecular weight is 182 g/mol. The highest BCUT2D eigenvalue weighted by atomic mass is 16.3. The van der Waals surface area contributed by atoms with E-state index in [1.54, 1.807) is 0 Å². The van der Waals surface area contributed by atoms with Crippen LogP contribution in [-0.4, -0.2) is 11.2 Å². The minimum atomic E-state index is -0.0699. The van der Waals surface area contributed by atoms with E-state index in [9.17, 15) is 5.11 Å². The third-order valence-corrected chi connectivity index (χ3v) is 3.24. The predicted octanol–water partition coefficient (Wildman–Crippen LogP) is 3.14. The molecule has 0 aliphatic heterocycles. The van der Waals surface area contributed by atoms with Gasteiger partial charge in [-0.25, -0.2) is 0 Å². The van der Waals surface area contributed by atoms with E-state index >= 15 is 0 Å². The first-order valence-corrected chi connectivity index (χ1v) is 5.46. The standard InChI is InChI=1S/C12H22O/c1-4-10-5-6-12(13)11(8-10)7-9(2)3/h10-13H,2,4-8H2,1,3H3. The molecule has 1 rings (SSSR count). The van der Waals surface area contributed by atoms with Gasteiger partial charge in [0.2, 0.25) is 0 Å². The van der Waals surface area contributed by atoms with Crippen LogP contribution in [-0.2, 0) is 0 Å². The SMILES string of the molecule is C=C(C)CC1CC(CC)CCC1O. The molecule has 1 fully saturated rings. The molecule has 0 bridgehead atoms. The van der Waals surface area contributed by atoms with Crippen molar-refractivity contribution in [3.05, 3.63) is 12.2 Å². The molecule has 1 nitrogen and oxygen atoms in total. The molecule has 1 saturated carbocycles. The molecule has 13 heavy (non-hydrogen) atoms. The number of hydrogen-bond acceptors (Lipinski definition) is 1. The number of hydrogen-bond donors (Lipinski definition) is 1. The van der Waals surface area contributed by atoms with Gasteiger partial charge < -0.3 is 5.11 Å². The van der Waals surface area contributed by atoms with Crippen LogP contribution in [0.5, 0.6) is 0 Å². The van der Waals surface area contributed by atoms with Crippen molar-refractivity contribution in [3.8, 4) is 0 Å². The lowest BCUT2D eigenvalue weighted by Gasteiger charge is -2.33. The Morgan fingerprint density at radius 3 is 2.69 bits per heavy atom. The molecule has 0 aromatic heterocycles. The molecule has 0 radical (unpaired) electrons. The lowest BCUT2D eigenvalue weighted by atomic mass is 9.76. The minimum absolute atomic E-state index is 0.0699. The van der Waals surface area contributed by atoms with Crippen LogP contribution in [0.2, 0.25) is 0 Å². The molecule has 0 spiro atoms. The van der Waals surface area contributed by atoms with E-state index in [-0.39, 0.29) is 6.10 Å². The Morgan fingerprint density at radius 1 is 1.46 bits per heavy atom. The summed E-state index contributed by atoms with van der Waals surface area (Å²) in [5.41, 5.74) is 1.21. The van der Waals surface area contributed by atoms with Crippen molar-refractivity contribution >= 4 is 0 Å². The van der Waals surface area contributed by atoms with Crippen LogP contribution in [0.25, 0.3) is 0 Å². The van der Waals surface area contributed by atoms with Crippen LogP contribution in [0, 0.1) is 11.8 Å². The van der Waals surface area contributed by atoms with Gasteiger partial charge in [-0.2, -0.15) is 0 Å². The largest absolute Gasteiger partial charge is 0.393 e. The summed E-state index contributed by atoms with van der Waals surface area (Å²) in [5, 5.41) is 9.79. The molecule has 0 aromatic rings. The predicted molar refractivity (Wildman–Crippen MR) is 56.6 cm³/mol. The van der Waals surface area contributed by atoms with Gasteiger partial charge in [0.05, 0.1) is 6.10 Å². The van der Waals surface area contributed by atoms with Crippen LogP contribution in [0.1, 0.15) is 46.0 Å².